The Labute approximate surface area is 96.5 Å². The van der Waals surface area contributed by atoms with E-state index in [2.05, 4.69) is 20.7 Å². The predicted molar refractivity (Wildman–Crippen MR) is 61.5 cm³/mol. The number of hydrogen-bond acceptors (Lipinski definition) is 3. The first-order valence-corrected chi connectivity index (χ1v) is 5.14. The first-order chi connectivity index (χ1) is 7.13. The molecule has 0 bridgehead atoms. The van der Waals surface area contributed by atoms with Gasteiger partial charge in [-0.2, -0.15) is 0 Å². The minimum atomic E-state index is -0.274. The van der Waals surface area contributed by atoms with Crippen molar-refractivity contribution in [3.05, 3.63) is 34.3 Å². The van der Waals surface area contributed by atoms with E-state index in [4.69, 9.17) is 0 Å². The molecule has 0 unspecified atom stereocenters. The molecule has 0 aromatic heterocycles. The van der Waals surface area contributed by atoms with Gasteiger partial charge in [-0.15, -0.1) is 0 Å². The van der Waals surface area contributed by atoms with Gasteiger partial charge in [0.2, 0.25) is 0 Å². The van der Waals surface area contributed by atoms with Gasteiger partial charge in [0, 0.05) is 0 Å². The van der Waals surface area contributed by atoms with Crippen molar-refractivity contribution in [1.29, 1.82) is 0 Å². The molecule has 0 aliphatic rings. The lowest BCUT2D eigenvalue weighted by Gasteiger charge is -1.98. The van der Waals surface area contributed by atoms with Crippen molar-refractivity contribution in [2.24, 2.45) is 0 Å². The number of halogens is 1. The molecular weight excluding hydrogens is 260 g/mol. The zero-order valence-corrected chi connectivity index (χ0v) is 9.82. The molecule has 4 heteroatoms. The lowest BCUT2D eigenvalue weighted by Crippen LogP contribution is -1.96. The van der Waals surface area contributed by atoms with Gasteiger partial charge < -0.3 is 9.84 Å². The number of esters is 1. The molecule has 0 heterocycles. The van der Waals surface area contributed by atoms with Gasteiger partial charge in [0.25, 0.3) is 0 Å². The summed E-state index contributed by atoms with van der Waals surface area (Å²) in [6, 6.07) is 5.11. The van der Waals surface area contributed by atoms with E-state index in [1.165, 1.54) is 7.11 Å². The molecule has 15 heavy (non-hydrogen) atoms. The van der Waals surface area contributed by atoms with Crippen LogP contribution in [0.4, 0.5) is 0 Å². The molecule has 3 nitrogen and oxygen atoms in total. The molecule has 0 fully saturated rings. The number of benzene rings is 1. The second kappa shape index (κ2) is 5.56. The maximum Gasteiger partial charge on any atom is 0.309 e. The van der Waals surface area contributed by atoms with Gasteiger partial charge in [-0.25, -0.2) is 0 Å². The summed E-state index contributed by atoms with van der Waals surface area (Å²) in [5.41, 5.74) is 0.906. The smallest absolute Gasteiger partial charge is 0.309 e. The van der Waals surface area contributed by atoms with Crippen LogP contribution in [0.5, 0.6) is 5.75 Å². The summed E-state index contributed by atoms with van der Waals surface area (Å²) in [5.74, 6) is -0.0794. The van der Waals surface area contributed by atoms with Gasteiger partial charge in [0.05, 0.1) is 18.0 Å². The molecule has 1 N–H and O–H groups in total. The van der Waals surface area contributed by atoms with Crippen molar-refractivity contribution in [1.82, 2.24) is 0 Å². The highest BCUT2D eigenvalue weighted by molar-refractivity contribution is 9.10. The lowest BCUT2D eigenvalue weighted by atomic mass is 10.2. The zero-order valence-electron chi connectivity index (χ0n) is 8.24. The number of hydrogen-bond donors (Lipinski definition) is 1. The minimum absolute atomic E-state index is 0.195. The van der Waals surface area contributed by atoms with Gasteiger partial charge in [0.1, 0.15) is 5.75 Å². The summed E-state index contributed by atoms with van der Waals surface area (Å²) in [7, 11) is 1.35. The van der Waals surface area contributed by atoms with E-state index in [9.17, 15) is 9.90 Å². The van der Waals surface area contributed by atoms with E-state index in [1.807, 2.05) is 0 Å². The number of phenolic OH excluding ortho intramolecular Hbond substituents is 1. The maximum absolute atomic E-state index is 10.8. The molecule has 1 rings (SSSR count). The highest BCUT2D eigenvalue weighted by Gasteiger charge is 1.97. The fraction of sp³-hybridized carbons (Fsp3) is 0.182. The number of rotatable bonds is 3. The molecule has 80 valence electrons. The number of carbonyl (C=O) groups excluding carboxylic acids is 1. The van der Waals surface area contributed by atoms with Crippen molar-refractivity contribution in [3.63, 3.8) is 0 Å². The van der Waals surface area contributed by atoms with Crippen LogP contribution in [0.2, 0.25) is 0 Å². The fourth-order valence-corrected chi connectivity index (χ4v) is 1.40. The number of carbonyl (C=O) groups is 1. The van der Waals surface area contributed by atoms with E-state index in [0.29, 0.717) is 4.47 Å². The topological polar surface area (TPSA) is 46.5 Å². The average molecular weight is 271 g/mol. The van der Waals surface area contributed by atoms with Crippen LogP contribution in [0.3, 0.4) is 0 Å². The summed E-state index contributed by atoms with van der Waals surface area (Å²) < 4.78 is 5.12. The molecule has 1 aromatic rings. The molecule has 0 amide bonds. The van der Waals surface area contributed by atoms with Crippen molar-refractivity contribution in [3.8, 4) is 5.75 Å². The molecule has 0 aliphatic carbocycles. The van der Waals surface area contributed by atoms with E-state index in [1.54, 1.807) is 30.4 Å². The Kier molecular flexibility index (Phi) is 4.37. The van der Waals surface area contributed by atoms with E-state index in [0.717, 1.165) is 5.56 Å². The number of methoxy groups -OCH3 is 1. The third kappa shape index (κ3) is 3.75. The van der Waals surface area contributed by atoms with E-state index in [-0.39, 0.29) is 18.1 Å². The van der Waals surface area contributed by atoms with Gasteiger partial charge in [-0.1, -0.05) is 18.2 Å². The van der Waals surface area contributed by atoms with Gasteiger partial charge in [-0.05, 0) is 33.6 Å². The van der Waals surface area contributed by atoms with Gasteiger partial charge >= 0.3 is 5.97 Å². The molecule has 1 aromatic carbocycles. The molecule has 0 aliphatic heterocycles. The zero-order chi connectivity index (χ0) is 11.3. The molecule has 0 atom stereocenters. The van der Waals surface area contributed by atoms with Crippen LogP contribution >= 0.6 is 15.9 Å². The van der Waals surface area contributed by atoms with Crippen LogP contribution in [0.15, 0.2) is 28.7 Å². The molecule has 0 saturated heterocycles. The predicted octanol–water partition coefficient (Wildman–Crippen LogP) is 2.73. The summed E-state index contributed by atoms with van der Waals surface area (Å²) in [6.07, 6.45) is 3.75. The van der Waals surface area contributed by atoms with Crippen molar-refractivity contribution >= 4 is 28.0 Å². The minimum Gasteiger partial charge on any atom is -0.507 e. The summed E-state index contributed by atoms with van der Waals surface area (Å²) in [5, 5.41) is 9.25. The Balaban J connectivity index is 2.65. The van der Waals surface area contributed by atoms with Crippen molar-refractivity contribution in [2.45, 2.75) is 6.42 Å². The van der Waals surface area contributed by atoms with Crippen LogP contribution in [-0.2, 0) is 9.53 Å². The van der Waals surface area contributed by atoms with Crippen LogP contribution in [-0.4, -0.2) is 18.2 Å². The highest BCUT2D eigenvalue weighted by Crippen LogP contribution is 2.24. The maximum atomic E-state index is 10.8. The second-order valence-electron chi connectivity index (χ2n) is 2.89. The van der Waals surface area contributed by atoms with Crippen LogP contribution in [0.1, 0.15) is 12.0 Å². The first kappa shape index (κ1) is 11.8. The molecule has 0 saturated carbocycles. The normalized spacial score (nSPS) is 10.5. The van der Waals surface area contributed by atoms with Crippen LogP contribution in [0, 0.1) is 0 Å². The second-order valence-corrected chi connectivity index (χ2v) is 3.75. The number of phenols is 1. The van der Waals surface area contributed by atoms with Crippen LogP contribution < -0.4 is 0 Å². The monoisotopic (exact) mass is 270 g/mol. The average Bonchev–Trinajstić information content (AvgIpc) is 2.23. The standard InChI is InChI=1S/C11H11BrO3/c1-15-11(14)4-2-3-8-5-6-10(13)9(12)7-8/h2-3,5-7,13H,4H2,1H3. The van der Waals surface area contributed by atoms with E-state index < -0.39 is 0 Å². The highest BCUT2D eigenvalue weighted by atomic mass is 79.9. The summed E-state index contributed by atoms with van der Waals surface area (Å²) in [6.45, 7) is 0. The summed E-state index contributed by atoms with van der Waals surface area (Å²) in [4.78, 5) is 10.8. The Morgan fingerprint density at radius 1 is 1.60 bits per heavy atom. The Morgan fingerprint density at radius 2 is 2.33 bits per heavy atom. The molecule has 0 radical (unpaired) electrons. The van der Waals surface area contributed by atoms with Crippen molar-refractivity contribution in [2.75, 3.05) is 7.11 Å². The lowest BCUT2D eigenvalue weighted by molar-refractivity contribution is -0.139. The summed E-state index contributed by atoms with van der Waals surface area (Å²) >= 11 is 3.21. The number of ether oxygens (including phenoxy) is 1. The van der Waals surface area contributed by atoms with Crippen LogP contribution in [0.25, 0.3) is 6.08 Å². The number of aromatic hydroxyl groups is 1. The SMILES string of the molecule is COC(=O)CC=Cc1ccc(O)c(Br)c1. The Hall–Kier alpha value is -1.29. The Bertz CT molecular complexity index is 385. The van der Waals surface area contributed by atoms with Gasteiger partial charge in [0.15, 0.2) is 0 Å². The quantitative estimate of drug-likeness (QED) is 0.860. The van der Waals surface area contributed by atoms with Crippen molar-refractivity contribution < 1.29 is 14.6 Å². The Morgan fingerprint density at radius 3 is 2.93 bits per heavy atom. The third-order valence-electron chi connectivity index (χ3n) is 1.79. The molecule has 0 spiro atoms. The molecular formula is C11H11BrO3. The third-order valence-corrected chi connectivity index (χ3v) is 2.43. The van der Waals surface area contributed by atoms with E-state index >= 15 is 0 Å². The first-order valence-electron chi connectivity index (χ1n) is 4.35. The largest absolute Gasteiger partial charge is 0.507 e. The fourth-order valence-electron chi connectivity index (χ4n) is 1.00. The van der Waals surface area contributed by atoms with Gasteiger partial charge in [-0.3, -0.25) is 4.79 Å².